The molecule has 1 amide bonds. The van der Waals surface area contributed by atoms with Crippen LogP contribution < -0.4 is 5.32 Å². The topological polar surface area (TPSA) is 84.3 Å². The van der Waals surface area contributed by atoms with E-state index in [0.29, 0.717) is 18.8 Å². The fourth-order valence-electron chi connectivity index (χ4n) is 2.44. The Morgan fingerprint density at radius 2 is 2.20 bits per heavy atom. The molecule has 1 saturated heterocycles. The second kappa shape index (κ2) is 5.53. The summed E-state index contributed by atoms with van der Waals surface area (Å²) in [4.78, 5) is 12.2. The molecule has 0 unspecified atom stereocenters. The number of hydrogen-bond donors (Lipinski definition) is 1. The number of carbonyl (C=O) groups excluding carboxylic acids is 1. The molecule has 1 atom stereocenters. The fraction of sp³-hybridized carbons (Fsp3) is 0.667. The molecule has 20 heavy (non-hydrogen) atoms. The Labute approximate surface area is 119 Å². The Bertz CT molecular complexity index is 608. The van der Waals surface area contributed by atoms with E-state index in [1.807, 2.05) is 6.92 Å². The Kier molecular flexibility index (Phi) is 4.14. The van der Waals surface area contributed by atoms with Gasteiger partial charge in [-0.2, -0.15) is 5.10 Å². The molecular weight excluding hydrogens is 280 g/mol. The van der Waals surface area contributed by atoms with Crippen molar-refractivity contribution >= 4 is 15.9 Å². The molecule has 8 heteroatoms. The van der Waals surface area contributed by atoms with Gasteiger partial charge in [-0.15, -0.1) is 0 Å². The third kappa shape index (κ3) is 3.37. The number of piperidine rings is 1. The van der Waals surface area contributed by atoms with Gasteiger partial charge in [0.25, 0.3) is 5.91 Å². The molecule has 1 fully saturated rings. The van der Waals surface area contributed by atoms with Crippen molar-refractivity contribution in [1.29, 1.82) is 0 Å². The van der Waals surface area contributed by atoms with Gasteiger partial charge in [-0.3, -0.25) is 9.48 Å². The summed E-state index contributed by atoms with van der Waals surface area (Å²) < 4.78 is 26.0. The third-order valence-electron chi connectivity index (χ3n) is 3.42. The van der Waals surface area contributed by atoms with E-state index < -0.39 is 10.0 Å². The molecule has 1 aromatic heterocycles. The van der Waals surface area contributed by atoms with Gasteiger partial charge in [0.2, 0.25) is 10.0 Å². The summed E-state index contributed by atoms with van der Waals surface area (Å²) in [5.74, 6) is -0.214. The minimum Gasteiger partial charge on any atom is -0.347 e. The average Bonchev–Trinajstić information content (AvgIpc) is 2.68. The molecule has 2 rings (SSSR count). The van der Waals surface area contributed by atoms with Crippen LogP contribution in [0.3, 0.4) is 0 Å². The van der Waals surface area contributed by atoms with Crippen LogP contribution in [0.1, 0.15) is 29.0 Å². The summed E-state index contributed by atoms with van der Waals surface area (Å²) in [6, 6.07) is 1.56. The number of amides is 1. The monoisotopic (exact) mass is 300 g/mol. The molecule has 2 heterocycles. The predicted octanol–water partition coefficient (Wildman–Crippen LogP) is -0.118. The maximum absolute atomic E-state index is 12.2. The highest BCUT2D eigenvalue weighted by Gasteiger charge is 2.27. The van der Waals surface area contributed by atoms with Crippen LogP contribution in [0.5, 0.6) is 0 Å². The number of rotatable bonds is 3. The summed E-state index contributed by atoms with van der Waals surface area (Å²) in [6.07, 6.45) is 2.73. The zero-order valence-electron chi connectivity index (χ0n) is 12.0. The highest BCUT2D eigenvalue weighted by atomic mass is 32.2. The number of hydrogen-bond acceptors (Lipinski definition) is 4. The molecular formula is C12H20N4O3S. The van der Waals surface area contributed by atoms with Crippen LogP contribution in [0.15, 0.2) is 6.07 Å². The second-order valence-corrected chi connectivity index (χ2v) is 7.21. The van der Waals surface area contributed by atoms with Crippen LogP contribution in [0.25, 0.3) is 0 Å². The number of aromatic nitrogens is 2. The normalized spacial score (nSPS) is 20.9. The zero-order chi connectivity index (χ0) is 14.9. The van der Waals surface area contributed by atoms with E-state index in [1.54, 1.807) is 13.1 Å². The van der Waals surface area contributed by atoms with E-state index in [9.17, 15) is 13.2 Å². The zero-order valence-corrected chi connectivity index (χ0v) is 12.8. The lowest BCUT2D eigenvalue weighted by Gasteiger charge is -2.31. The fourth-order valence-corrected chi connectivity index (χ4v) is 3.36. The standard InChI is InChI=1S/C12H20N4O3S/c1-9-7-11(15(2)14-9)12(17)13-10-5-4-6-16(8-10)20(3,18)19/h7,10H,4-6,8H2,1-3H3,(H,13,17)/t10-/m0/s1. The molecule has 7 nitrogen and oxygen atoms in total. The van der Waals surface area contributed by atoms with Gasteiger partial charge in [0, 0.05) is 26.2 Å². The van der Waals surface area contributed by atoms with Gasteiger partial charge in [-0.25, -0.2) is 12.7 Å². The van der Waals surface area contributed by atoms with Gasteiger partial charge in [0.1, 0.15) is 5.69 Å². The largest absolute Gasteiger partial charge is 0.347 e. The maximum atomic E-state index is 12.2. The molecule has 0 spiro atoms. The van der Waals surface area contributed by atoms with Crippen molar-refractivity contribution in [2.45, 2.75) is 25.8 Å². The summed E-state index contributed by atoms with van der Waals surface area (Å²) in [5.41, 5.74) is 1.26. The van der Waals surface area contributed by atoms with Crippen LogP contribution in [-0.4, -0.2) is 53.8 Å². The number of nitrogens with zero attached hydrogens (tertiary/aromatic N) is 3. The molecule has 0 aliphatic carbocycles. The number of nitrogens with one attached hydrogen (secondary N) is 1. The van der Waals surface area contributed by atoms with Crippen LogP contribution >= 0.6 is 0 Å². The van der Waals surface area contributed by atoms with Crippen molar-refractivity contribution in [3.63, 3.8) is 0 Å². The van der Waals surface area contributed by atoms with Gasteiger partial charge in [-0.05, 0) is 25.8 Å². The first kappa shape index (κ1) is 15.0. The lowest BCUT2D eigenvalue weighted by Crippen LogP contribution is -2.49. The van der Waals surface area contributed by atoms with Crippen LogP contribution in [-0.2, 0) is 17.1 Å². The van der Waals surface area contributed by atoms with Crippen molar-refractivity contribution in [3.8, 4) is 0 Å². The molecule has 1 N–H and O–H groups in total. The van der Waals surface area contributed by atoms with E-state index in [0.717, 1.165) is 18.5 Å². The van der Waals surface area contributed by atoms with Crippen molar-refractivity contribution in [2.75, 3.05) is 19.3 Å². The van der Waals surface area contributed by atoms with Gasteiger partial charge >= 0.3 is 0 Å². The number of carbonyl (C=O) groups is 1. The molecule has 112 valence electrons. The van der Waals surface area contributed by atoms with Crippen LogP contribution in [0.2, 0.25) is 0 Å². The molecule has 0 saturated carbocycles. The Hall–Kier alpha value is -1.41. The lowest BCUT2D eigenvalue weighted by molar-refractivity contribution is 0.0912. The quantitative estimate of drug-likeness (QED) is 0.843. The van der Waals surface area contributed by atoms with Crippen molar-refractivity contribution in [3.05, 3.63) is 17.5 Å². The first-order valence-electron chi connectivity index (χ1n) is 6.54. The molecule has 1 aromatic rings. The van der Waals surface area contributed by atoms with Crippen LogP contribution in [0.4, 0.5) is 0 Å². The predicted molar refractivity (Wildman–Crippen MR) is 74.9 cm³/mol. The Balaban J connectivity index is 2.03. The molecule has 1 aliphatic heterocycles. The van der Waals surface area contributed by atoms with Gasteiger partial charge in [0.15, 0.2) is 0 Å². The second-order valence-electron chi connectivity index (χ2n) is 5.23. The van der Waals surface area contributed by atoms with Crippen molar-refractivity contribution in [1.82, 2.24) is 19.4 Å². The van der Waals surface area contributed by atoms with Crippen molar-refractivity contribution in [2.24, 2.45) is 7.05 Å². The molecule has 0 radical (unpaired) electrons. The van der Waals surface area contributed by atoms with Crippen LogP contribution in [0, 0.1) is 6.92 Å². The summed E-state index contributed by atoms with van der Waals surface area (Å²) >= 11 is 0. The van der Waals surface area contributed by atoms with E-state index in [-0.39, 0.29) is 11.9 Å². The van der Waals surface area contributed by atoms with Gasteiger partial charge < -0.3 is 5.32 Å². The number of aryl methyl sites for hydroxylation is 2. The van der Waals surface area contributed by atoms with Gasteiger partial charge in [-0.1, -0.05) is 0 Å². The van der Waals surface area contributed by atoms with E-state index >= 15 is 0 Å². The minimum atomic E-state index is -3.20. The van der Waals surface area contributed by atoms with E-state index in [4.69, 9.17) is 0 Å². The first-order chi connectivity index (χ1) is 9.27. The highest BCUT2D eigenvalue weighted by Crippen LogP contribution is 2.13. The summed E-state index contributed by atoms with van der Waals surface area (Å²) in [5, 5.41) is 7.01. The highest BCUT2D eigenvalue weighted by molar-refractivity contribution is 7.88. The first-order valence-corrected chi connectivity index (χ1v) is 8.39. The number of sulfonamides is 1. The lowest BCUT2D eigenvalue weighted by atomic mass is 10.1. The van der Waals surface area contributed by atoms with Crippen molar-refractivity contribution < 1.29 is 13.2 Å². The SMILES string of the molecule is Cc1cc(C(=O)N[C@H]2CCCN(S(C)(=O)=O)C2)n(C)n1. The average molecular weight is 300 g/mol. The Morgan fingerprint density at radius 3 is 2.75 bits per heavy atom. The molecule has 0 aromatic carbocycles. The summed E-state index contributed by atoms with van der Waals surface area (Å²) in [7, 11) is -1.48. The van der Waals surface area contributed by atoms with E-state index in [2.05, 4.69) is 10.4 Å². The minimum absolute atomic E-state index is 0.152. The Morgan fingerprint density at radius 1 is 1.50 bits per heavy atom. The van der Waals surface area contributed by atoms with E-state index in [1.165, 1.54) is 15.2 Å². The summed E-state index contributed by atoms with van der Waals surface area (Å²) in [6.45, 7) is 2.68. The molecule has 0 bridgehead atoms. The smallest absolute Gasteiger partial charge is 0.269 e. The molecule has 1 aliphatic rings. The third-order valence-corrected chi connectivity index (χ3v) is 4.69. The maximum Gasteiger partial charge on any atom is 0.269 e. The van der Waals surface area contributed by atoms with Gasteiger partial charge in [0.05, 0.1) is 11.9 Å².